The fourth-order valence-electron chi connectivity index (χ4n) is 5.09. The SMILES string of the molecule is COc1ncc(-c2cc(NC(=O)c3cccc(CN4CCN(C(C)C)CC4)n3)c3cn[nH]c3c2)cc1CS(C)(=O)=O.O=CO. The molecule has 4 heterocycles. The summed E-state index contributed by atoms with van der Waals surface area (Å²) in [6.07, 6.45) is 4.43. The van der Waals surface area contributed by atoms with E-state index in [9.17, 15) is 13.2 Å². The lowest BCUT2D eigenvalue weighted by atomic mass is 10.0. The summed E-state index contributed by atoms with van der Waals surface area (Å²) >= 11 is 0. The predicted octanol–water partition coefficient (Wildman–Crippen LogP) is 3.05. The van der Waals surface area contributed by atoms with E-state index < -0.39 is 9.84 Å². The Bertz CT molecular complexity index is 1720. The molecule has 1 saturated heterocycles. The zero-order chi connectivity index (χ0) is 31.9. The van der Waals surface area contributed by atoms with Gasteiger partial charge in [0.2, 0.25) is 5.88 Å². The Balaban J connectivity index is 0.00000141. The third kappa shape index (κ3) is 8.36. The third-order valence-electron chi connectivity index (χ3n) is 7.24. The van der Waals surface area contributed by atoms with Gasteiger partial charge in [0.05, 0.1) is 36.0 Å². The average molecular weight is 624 g/mol. The number of fused-ring (bicyclic) bond motifs is 1. The highest BCUT2D eigenvalue weighted by Crippen LogP contribution is 2.32. The Morgan fingerprint density at radius 2 is 1.86 bits per heavy atom. The van der Waals surface area contributed by atoms with Gasteiger partial charge in [-0.3, -0.25) is 24.5 Å². The number of piperazine rings is 1. The number of rotatable bonds is 9. The van der Waals surface area contributed by atoms with Crippen molar-refractivity contribution in [1.29, 1.82) is 0 Å². The van der Waals surface area contributed by atoms with Crippen molar-refractivity contribution < 1.29 is 27.9 Å². The molecule has 234 valence electrons. The first kappa shape index (κ1) is 32.5. The van der Waals surface area contributed by atoms with Crippen molar-refractivity contribution in [2.45, 2.75) is 32.2 Å². The molecule has 1 aliphatic rings. The van der Waals surface area contributed by atoms with Crippen molar-refractivity contribution in [1.82, 2.24) is 30.0 Å². The van der Waals surface area contributed by atoms with Crippen molar-refractivity contribution in [3.63, 3.8) is 0 Å². The molecule has 0 aliphatic carbocycles. The van der Waals surface area contributed by atoms with Crippen LogP contribution in [0.1, 0.15) is 35.6 Å². The van der Waals surface area contributed by atoms with E-state index in [-0.39, 0.29) is 24.0 Å². The number of carbonyl (C=O) groups excluding carboxylic acids is 1. The number of nitrogens with one attached hydrogen (secondary N) is 2. The first-order chi connectivity index (χ1) is 21.0. The molecule has 0 saturated carbocycles. The Kier molecular flexibility index (Phi) is 10.6. The van der Waals surface area contributed by atoms with Crippen molar-refractivity contribution >= 4 is 38.8 Å². The highest BCUT2D eigenvalue weighted by molar-refractivity contribution is 7.89. The fraction of sp³-hybridized carbons (Fsp3) is 0.367. The molecule has 3 N–H and O–H groups in total. The molecule has 3 aromatic heterocycles. The van der Waals surface area contributed by atoms with Crippen molar-refractivity contribution in [3.8, 4) is 17.0 Å². The molecule has 13 nitrogen and oxygen atoms in total. The van der Waals surface area contributed by atoms with Gasteiger partial charge in [0.25, 0.3) is 12.4 Å². The van der Waals surface area contributed by atoms with E-state index in [4.69, 9.17) is 14.6 Å². The third-order valence-corrected chi connectivity index (χ3v) is 8.07. The molecule has 0 bridgehead atoms. The van der Waals surface area contributed by atoms with E-state index in [1.54, 1.807) is 24.5 Å². The van der Waals surface area contributed by atoms with E-state index in [1.807, 2.05) is 24.3 Å². The monoisotopic (exact) mass is 623 g/mol. The highest BCUT2D eigenvalue weighted by Gasteiger charge is 2.20. The number of carbonyl (C=O) groups is 2. The molecular weight excluding hydrogens is 586 g/mol. The van der Waals surface area contributed by atoms with Crippen LogP contribution in [-0.4, -0.2) is 101 Å². The lowest BCUT2D eigenvalue weighted by molar-refractivity contribution is -0.122. The van der Waals surface area contributed by atoms with Gasteiger partial charge < -0.3 is 15.2 Å². The van der Waals surface area contributed by atoms with E-state index >= 15 is 0 Å². The molecule has 0 atom stereocenters. The summed E-state index contributed by atoms with van der Waals surface area (Å²) < 4.78 is 29.2. The zero-order valence-electron chi connectivity index (χ0n) is 25.1. The molecule has 0 unspecified atom stereocenters. The summed E-state index contributed by atoms with van der Waals surface area (Å²) in [6, 6.07) is 11.5. The van der Waals surface area contributed by atoms with E-state index in [0.29, 0.717) is 40.6 Å². The number of ether oxygens (including phenoxy) is 1. The van der Waals surface area contributed by atoms with Gasteiger partial charge in [-0.25, -0.2) is 18.4 Å². The number of anilines is 1. The largest absolute Gasteiger partial charge is 0.483 e. The number of methoxy groups -OCH3 is 1. The first-order valence-electron chi connectivity index (χ1n) is 14.0. The smallest absolute Gasteiger partial charge is 0.290 e. The number of aromatic amines is 1. The van der Waals surface area contributed by atoms with Crippen LogP contribution in [0.2, 0.25) is 0 Å². The van der Waals surface area contributed by atoms with Crippen LogP contribution in [0.4, 0.5) is 5.69 Å². The lowest BCUT2D eigenvalue weighted by Gasteiger charge is -2.36. The number of pyridine rings is 2. The van der Waals surface area contributed by atoms with Crippen LogP contribution in [0, 0.1) is 0 Å². The van der Waals surface area contributed by atoms with Gasteiger partial charge in [0.15, 0.2) is 9.84 Å². The molecule has 1 aliphatic heterocycles. The molecule has 4 aromatic rings. The quantitative estimate of drug-likeness (QED) is 0.234. The van der Waals surface area contributed by atoms with Gasteiger partial charge in [0.1, 0.15) is 5.69 Å². The van der Waals surface area contributed by atoms with Gasteiger partial charge in [-0.05, 0) is 49.7 Å². The van der Waals surface area contributed by atoms with Gasteiger partial charge in [-0.2, -0.15) is 5.10 Å². The Hall–Kier alpha value is -4.40. The van der Waals surface area contributed by atoms with Gasteiger partial charge in [-0.15, -0.1) is 0 Å². The summed E-state index contributed by atoms with van der Waals surface area (Å²) in [7, 11) is -1.86. The van der Waals surface area contributed by atoms with E-state index in [1.165, 1.54) is 13.4 Å². The molecule has 1 fully saturated rings. The highest BCUT2D eigenvalue weighted by atomic mass is 32.2. The summed E-state index contributed by atoms with van der Waals surface area (Å²) in [5, 5.41) is 17.7. The Labute approximate surface area is 256 Å². The molecule has 44 heavy (non-hydrogen) atoms. The van der Waals surface area contributed by atoms with Crippen LogP contribution in [-0.2, 0) is 26.9 Å². The number of amides is 1. The first-order valence-corrected chi connectivity index (χ1v) is 16.1. The van der Waals surface area contributed by atoms with Crippen LogP contribution in [0.25, 0.3) is 22.0 Å². The van der Waals surface area contributed by atoms with E-state index in [0.717, 1.165) is 42.8 Å². The predicted molar refractivity (Wildman–Crippen MR) is 167 cm³/mol. The second kappa shape index (κ2) is 14.4. The summed E-state index contributed by atoms with van der Waals surface area (Å²) in [5.74, 6) is -0.285. The normalized spacial score (nSPS) is 14.2. The van der Waals surface area contributed by atoms with Gasteiger partial charge in [-0.1, -0.05) is 6.07 Å². The van der Waals surface area contributed by atoms with Crippen LogP contribution < -0.4 is 10.1 Å². The standard InChI is InChI=1S/C29H35N7O4S.CH2O2/c1-19(2)36-10-8-35(9-11-36)17-23-6-5-7-25(32-23)28(37)33-26-13-20(14-27-24(26)16-31-34-27)21-12-22(18-41(4,38)39)29(40-3)30-15-21;2-1-3/h5-7,12-16,19H,8-11,17-18H2,1-4H3,(H,31,34)(H,33,37);1H,(H,2,3). The number of sulfone groups is 1. The summed E-state index contributed by atoms with van der Waals surface area (Å²) in [4.78, 5) is 35.5. The number of hydrogen-bond donors (Lipinski definition) is 3. The minimum absolute atomic E-state index is 0.206. The minimum atomic E-state index is -3.31. The Morgan fingerprint density at radius 1 is 1.14 bits per heavy atom. The number of nitrogens with zero attached hydrogens (tertiary/aromatic N) is 5. The van der Waals surface area contributed by atoms with Crippen LogP contribution in [0.3, 0.4) is 0 Å². The van der Waals surface area contributed by atoms with Crippen LogP contribution >= 0.6 is 0 Å². The van der Waals surface area contributed by atoms with Gasteiger partial charge in [0, 0.05) is 67.7 Å². The molecule has 1 aromatic carbocycles. The summed E-state index contributed by atoms with van der Waals surface area (Å²) in [6.45, 7) is 8.85. The second-order valence-corrected chi connectivity index (χ2v) is 12.9. The fourth-order valence-corrected chi connectivity index (χ4v) is 5.87. The number of benzene rings is 1. The van der Waals surface area contributed by atoms with E-state index in [2.05, 4.69) is 49.1 Å². The maximum atomic E-state index is 13.4. The number of carboxylic acid groups (broad SMARTS) is 1. The van der Waals surface area contributed by atoms with Crippen molar-refractivity contribution in [2.24, 2.45) is 0 Å². The molecular formula is C30H37N7O6S. The maximum absolute atomic E-state index is 13.4. The lowest BCUT2D eigenvalue weighted by Crippen LogP contribution is -2.48. The molecule has 0 spiro atoms. The number of hydrogen-bond acceptors (Lipinski definition) is 10. The van der Waals surface area contributed by atoms with Crippen LogP contribution in [0.15, 0.2) is 48.8 Å². The molecule has 5 rings (SSSR count). The molecule has 14 heteroatoms. The minimum Gasteiger partial charge on any atom is -0.483 e. The average Bonchev–Trinajstić information content (AvgIpc) is 3.46. The van der Waals surface area contributed by atoms with Crippen molar-refractivity contribution in [3.05, 3.63) is 65.7 Å². The number of aromatic nitrogens is 4. The second-order valence-electron chi connectivity index (χ2n) is 10.8. The molecule has 1 amide bonds. The topological polar surface area (TPSA) is 171 Å². The van der Waals surface area contributed by atoms with Crippen molar-refractivity contribution in [2.75, 3.05) is 44.9 Å². The van der Waals surface area contributed by atoms with Gasteiger partial charge >= 0.3 is 0 Å². The molecule has 0 radical (unpaired) electrons. The van der Waals surface area contributed by atoms with Crippen LogP contribution in [0.5, 0.6) is 5.88 Å². The Morgan fingerprint density at radius 3 is 2.52 bits per heavy atom. The maximum Gasteiger partial charge on any atom is 0.290 e. The summed E-state index contributed by atoms with van der Waals surface area (Å²) in [5.41, 5.74) is 4.29. The number of H-pyrrole nitrogens is 1. The zero-order valence-corrected chi connectivity index (χ0v) is 26.0.